The highest BCUT2D eigenvalue weighted by Crippen LogP contribution is 2.26. The largest absolute Gasteiger partial charge is 0.497 e. The van der Waals surface area contributed by atoms with Crippen LogP contribution in [0, 0.1) is 0 Å². The van der Waals surface area contributed by atoms with Crippen LogP contribution in [0.1, 0.15) is 18.9 Å². The summed E-state index contributed by atoms with van der Waals surface area (Å²) in [5.74, 6) is 0.843. The lowest BCUT2D eigenvalue weighted by Gasteiger charge is -2.05. The highest BCUT2D eigenvalue weighted by Gasteiger charge is 2.07. The van der Waals surface area contributed by atoms with Gasteiger partial charge in [-0.15, -0.1) is 10.2 Å². The van der Waals surface area contributed by atoms with Crippen molar-refractivity contribution in [2.75, 3.05) is 13.7 Å². The van der Waals surface area contributed by atoms with Gasteiger partial charge in [-0.1, -0.05) is 37.3 Å². The molecule has 19 heavy (non-hydrogen) atoms. The van der Waals surface area contributed by atoms with Crippen molar-refractivity contribution in [1.82, 2.24) is 15.5 Å². The first-order chi connectivity index (χ1) is 9.19. The number of rotatable bonds is 6. The third-order valence-corrected chi connectivity index (χ3v) is 3.71. The normalized spacial score (nSPS) is 10.9. The Morgan fingerprint density at radius 3 is 2.89 bits per heavy atom. The molecule has 1 heterocycles. The predicted octanol–water partition coefficient (Wildman–Crippen LogP) is 2.75. The summed E-state index contributed by atoms with van der Waals surface area (Å²) in [6.45, 7) is 5.22. The van der Waals surface area contributed by atoms with Crippen LogP contribution in [0.4, 0.5) is 0 Å². The van der Waals surface area contributed by atoms with Gasteiger partial charge in [0.2, 0.25) is 0 Å². The second kappa shape index (κ2) is 6.63. The van der Waals surface area contributed by atoms with Gasteiger partial charge in [0, 0.05) is 24.6 Å². The fraction of sp³-hybridized carbons (Fsp3) is 0.429. The fourth-order valence-electron chi connectivity index (χ4n) is 1.70. The van der Waals surface area contributed by atoms with Gasteiger partial charge in [0.1, 0.15) is 15.8 Å². The Balaban J connectivity index is 2.03. The van der Waals surface area contributed by atoms with Gasteiger partial charge in [0.25, 0.3) is 0 Å². The van der Waals surface area contributed by atoms with Crippen molar-refractivity contribution in [3.05, 3.63) is 29.3 Å². The van der Waals surface area contributed by atoms with Gasteiger partial charge in [0.05, 0.1) is 7.11 Å². The van der Waals surface area contributed by atoms with Crippen LogP contribution >= 0.6 is 11.3 Å². The molecule has 1 aromatic carbocycles. The Morgan fingerprint density at radius 2 is 2.16 bits per heavy atom. The van der Waals surface area contributed by atoms with Crippen LogP contribution in [0.3, 0.4) is 0 Å². The first-order valence-electron chi connectivity index (χ1n) is 6.39. The van der Waals surface area contributed by atoms with E-state index in [2.05, 4.69) is 29.4 Å². The molecule has 0 bridgehead atoms. The highest BCUT2D eigenvalue weighted by molar-refractivity contribution is 7.14. The number of aromatic nitrogens is 2. The predicted molar refractivity (Wildman–Crippen MR) is 78.7 cm³/mol. The molecule has 0 atom stereocenters. The molecule has 0 radical (unpaired) electrons. The molecule has 0 saturated heterocycles. The summed E-state index contributed by atoms with van der Waals surface area (Å²) in [5, 5.41) is 13.9. The first-order valence-corrected chi connectivity index (χ1v) is 7.21. The van der Waals surface area contributed by atoms with Crippen molar-refractivity contribution in [3.8, 4) is 16.3 Å². The highest BCUT2D eigenvalue weighted by atomic mass is 32.1. The van der Waals surface area contributed by atoms with E-state index in [1.54, 1.807) is 18.4 Å². The summed E-state index contributed by atoms with van der Waals surface area (Å²) in [7, 11) is 1.67. The van der Waals surface area contributed by atoms with Crippen molar-refractivity contribution in [3.63, 3.8) is 0 Å². The van der Waals surface area contributed by atoms with Gasteiger partial charge in [0.15, 0.2) is 0 Å². The topological polar surface area (TPSA) is 47.0 Å². The fourth-order valence-corrected chi connectivity index (χ4v) is 2.53. The van der Waals surface area contributed by atoms with Crippen LogP contribution in [-0.4, -0.2) is 29.9 Å². The van der Waals surface area contributed by atoms with Gasteiger partial charge in [-0.05, 0) is 12.1 Å². The monoisotopic (exact) mass is 277 g/mol. The first kappa shape index (κ1) is 14.0. The molecule has 102 valence electrons. The van der Waals surface area contributed by atoms with E-state index in [4.69, 9.17) is 4.74 Å². The summed E-state index contributed by atoms with van der Waals surface area (Å²) in [5.41, 5.74) is 1.06. The smallest absolute Gasteiger partial charge is 0.147 e. The molecule has 1 aromatic heterocycles. The van der Waals surface area contributed by atoms with Gasteiger partial charge >= 0.3 is 0 Å². The van der Waals surface area contributed by atoms with Crippen molar-refractivity contribution in [2.45, 2.75) is 26.3 Å². The van der Waals surface area contributed by atoms with E-state index in [9.17, 15) is 0 Å². The number of nitrogens with zero attached hydrogens (tertiary/aromatic N) is 2. The van der Waals surface area contributed by atoms with E-state index in [1.807, 2.05) is 24.3 Å². The molecular formula is C14H19N3OS. The molecule has 5 heteroatoms. The maximum atomic E-state index is 5.22. The number of hydrogen-bond donors (Lipinski definition) is 1. The Hall–Kier alpha value is -1.46. The molecule has 4 nitrogen and oxygen atoms in total. The standard InChI is InChI=1S/C14H19N3OS/c1-10(2)15-8-7-13-16-17-14(19-13)11-5-4-6-12(9-11)18-3/h4-6,9-10,15H,7-8H2,1-3H3. The lowest BCUT2D eigenvalue weighted by Crippen LogP contribution is -2.24. The Kier molecular flexibility index (Phi) is 4.87. The van der Waals surface area contributed by atoms with Crippen LogP contribution in [0.25, 0.3) is 10.6 Å². The third-order valence-electron chi connectivity index (χ3n) is 2.67. The molecule has 0 amide bonds. The van der Waals surface area contributed by atoms with E-state index < -0.39 is 0 Å². The number of nitrogens with one attached hydrogen (secondary N) is 1. The minimum absolute atomic E-state index is 0.505. The minimum Gasteiger partial charge on any atom is -0.497 e. The second-order valence-electron chi connectivity index (χ2n) is 4.59. The third kappa shape index (κ3) is 4.01. The quantitative estimate of drug-likeness (QED) is 0.882. The van der Waals surface area contributed by atoms with Crippen LogP contribution in [0.2, 0.25) is 0 Å². The average molecular weight is 277 g/mol. The van der Waals surface area contributed by atoms with Crippen molar-refractivity contribution in [2.24, 2.45) is 0 Å². The molecule has 0 unspecified atom stereocenters. The van der Waals surface area contributed by atoms with E-state index >= 15 is 0 Å². The van der Waals surface area contributed by atoms with E-state index in [0.29, 0.717) is 6.04 Å². The van der Waals surface area contributed by atoms with E-state index in [0.717, 1.165) is 34.3 Å². The van der Waals surface area contributed by atoms with Crippen LogP contribution in [0.15, 0.2) is 24.3 Å². The molecule has 0 aliphatic heterocycles. The summed E-state index contributed by atoms with van der Waals surface area (Å²) >= 11 is 1.64. The number of methoxy groups -OCH3 is 1. The lowest BCUT2D eigenvalue weighted by atomic mass is 10.2. The zero-order chi connectivity index (χ0) is 13.7. The van der Waals surface area contributed by atoms with Gasteiger partial charge in [-0.2, -0.15) is 0 Å². The van der Waals surface area contributed by atoms with Crippen LogP contribution in [-0.2, 0) is 6.42 Å². The van der Waals surface area contributed by atoms with E-state index in [1.165, 1.54) is 0 Å². The molecule has 0 aliphatic carbocycles. The second-order valence-corrected chi connectivity index (χ2v) is 5.65. The maximum absolute atomic E-state index is 5.22. The average Bonchev–Trinajstić information content (AvgIpc) is 2.87. The molecule has 1 N–H and O–H groups in total. The SMILES string of the molecule is COc1cccc(-c2nnc(CCNC(C)C)s2)c1. The zero-order valence-corrected chi connectivity index (χ0v) is 12.3. The summed E-state index contributed by atoms with van der Waals surface area (Å²) in [6, 6.07) is 8.41. The maximum Gasteiger partial charge on any atom is 0.147 e. The van der Waals surface area contributed by atoms with E-state index in [-0.39, 0.29) is 0 Å². The van der Waals surface area contributed by atoms with Crippen LogP contribution < -0.4 is 10.1 Å². The number of hydrogen-bond acceptors (Lipinski definition) is 5. The number of ether oxygens (including phenoxy) is 1. The molecule has 0 aliphatic rings. The molecule has 2 aromatic rings. The van der Waals surface area contributed by atoms with Crippen LogP contribution in [0.5, 0.6) is 5.75 Å². The Morgan fingerprint density at radius 1 is 1.32 bits per heavy atom. The minimum atomic E-state index is 0.505. The molecular weight excluding hydrogens is 258 g/mol. The molecule has 0 saturated carbocycles. The molecule has 2 rings (SSSR count). The zero-order valence-electron chi connectivity index (χ0n) is 11.5. The summed E-state index contributed by atoms with van der Waals surface area (Å²) in [6.07, 6.45) is 0.916. The van der Waals surface area contributed by atoms with Gasteiger partial charge in [-0.25, -0.2) is 0 Å². The van der Waals surface area contributed by atoms with Crippen molar-refractivity contribution in [1.29, 1.82) is 0 Å². The number of benzene rings is 1. The Bertz CT molecular complexity index is 525. The Labute approximate surface area is 117 Å². The summed E-state index contributed by atoms with van der Waals surface area (Å²) in [4.78, 5) is 0. The van der Waals surface area contributed by atoms with Gasteiger partial charge < -0.3 is 10.1 Å². The van der Waals surface area contributed by atoms with Crippen molar-refractivity contribution < 1.29 is 4.74 Å². The molecule has 0 fully saturated rings. The van der Waals surface area contributed by atoms with Crippen molar-refractivity contribution >= 4 is 11.3 Å². The summed E-state index contributed by atoms with van der Waals surface area (Å²) < 4.78 is 5.22. The lowest BCUT2D eigenvalue weighted by molar-refractivity contribution is 0.415. The van der Waals surface area contributed by atoms with Gasteiger partial charge in [-0.3, -0.25) is 0 Å². The molecule has 0 spiro atoms.